The highest BCUT2D eigenvalue weighted by Gasteiger charge is 2.14. The molecule has 26 heavy (non-hydrogen) atoms. The number of nitrogens with two attached hydrogens (primary N) is 1. The zero-order valence-corrected chi connectivity index (χ0v) is 16.0. The third kappa shape index (κ3) is 4.82. The molecule has 0 fully saturated rings. The number of rotatable bonds is 7. The average molecular weight is 345 g/mol. The van der Waals surface area contributed by atoms with Crippen LogP contribution in [0.25, 0.3) is 5.57 Å². The summed E-state index contributed by atoms with van der Waals surface area (Å²) >= 11 is 0. The molecule has 0 aliphatic carbocycles. The third-order valence-electron chi connectivity index (χ3n) is 4.34. The van der Waals surface area contributed by atoms with E-state index in [1.807, 2.05) is 19.9 Å². The van der Waals surface area contributed by atoms with Crippen LogP contribution in [0.5, 0.6) is 0 Å². The molecule has 0 amide bonds. The topological polar surface area (TPSA) is 38.4 Å². The molecule has 0 aliphatic rings. The van der Waals surface area contributed by atoms with Crippen molar-refractivity contribution in [3.63, 3.8) is 0 Å². The Kier molecular flexibility index (Phi) is 7.16. The molecule has 0 saturated carbocycles. The van der Waals surface area contributed by atoms with Gasteiger partial charge in [-0.2, -0.15) is 0 Å². The predicted molar refractivity (Wildman–Crippen MR) is 114 cm³/mol. The molecule has 134 valence electrons. The Labute approximate surface area is 157 Å². The summed E-state index contributed by atoms with van der Waals surface area (Å²) < 4.78 is 0. The van der Waals surface area contributed by atoms with Gasteiger partial charge in [0.1, 0.15) is 0 Å². The molecule has 0 unspecified atom stereocenters. The molecule has 2 aromatic rings. The molecule has 0 saturated heterocycles. The van der Waals surface area contributed by atoms with Gasteiger partial charge in [0.15, 0.2) is 0 Å². The number of allylic oxidation sites excluding steroid dienone is 4. The molecule has 2 heteroatoms. The van der Waals surface area contributed by atoms with E-state index in [1.165, 1.54) is 11.1 Å². The maximum Gasteiger partial charge on any atom is 0.0496 e. The molecule has 2 nitrogen and oxygen atoms in total. The molecule has 2 aromatic carbocycles. The van der Waals surface area contributed by atoms with Crippen LogP contribution in [0.1, 0.15) is 43.9 Å². The molecular formula is C24H28N2. The lowest BCUT2D eigenvalue weighted by atomic mass is 9.90. The lowest BCUT2D eigenvalue weighted by Crippen LogP contribution is -2.11. The molecule has 0 radical (unpaired) electrons. The van der Waals surface area contributed by atoms with Gasteiger partial charge in [0.05, 0.1) is 0 Å². The van der Waals surface area contributed by atoms with E-state index in [2.05, 4.69) is 73.1 Å². The molecule has 2 N–H and O–H groups in total. The first-order chi connectivity index (χ1) is 12.6. The Balaban J connectivity index is 2.34. The first kappa shape index (κ1) is 19.5. The van der Waals surface area contributed by atoms with Crippen LogP contribution in [-0.4, -0.2) is 5.71 Å². The van der Waals surface area contributed by atoms with Crippen molar-refractivity contribution in [2.45, 2.75) is 33.6 Å². The SMILES string of the molecule is C=CN=C(CC)C(/C(=C\C)c1ccc(Cc2ccccc2)cc1)=C(\C)N. The van der Waals surface area contributed by atoms with Crippen LogP contribution in [0, 0.1) is 0 Å². The summed E-state index contributed by atoms with van der Waals surface area (Å²) in [5.41, 5.74) is 13.8. The largest absolute Gasteiger partial charge is 0.402 e. The van der Waals surface area contributed by atoms with Crippen molar-refractivity contribution in [2.75, 3.05) is 0 Å². The summed E-state index contributed by atoms with van der Waals surface area (Å²) in [6.07, 6.45) is 5.42. The smallest absolute Gasteiger partial charge is 0.0496 e. The molecule has 0 heterocycles. The molecule has 0 aromatic heterocycles. The van der Waals surface area contributed by atoms with Crippen molar-refractivity contribution < 1.29 is 0 Å². The molecule has 0 atom stereocenters. The average Bonchev–Trinajstić information content (AvgIpc) is 2.66. The number of hydrogen-bond acceptors (Lipinski definition) is 2. The fourth-order valence-corrected chi connectivity index (χ4v) is 3.13. The highest BCUT2D eigenvalue weighted by molar-refractivity contribution is 6.13. The van der Waals surface area contributed by atoms with E-state index in [-0.39, 0.29) is 0 Å². The van der Waals surface area contributed by atoms with Crippen LogP contribution >= 0.6 is 0 Å². The second-order valence-electron chi connectivity index (χ2n) is 6.23. The second kappa shape index (κ2) is 9.57. The van der Waals surface area contributed by atoms with Crippen LogP contribution in [0.4, 0.5) is 0 Å². The lowest BCUT2D eigenvalue weighted by Gasteiger charge is -2.16. The summed E-state index contributed by atoms with van der Waals surface area (Å²) in [5.74, 6) is 0. The maximum atomic E-state index is 6.21. The standard InChI is InChI=1S/C24H28N2/c1-5-22(24(18(4)25)23(6-2)26-7-3)21-15-13-20(14-16-21)17-19-11-9-8-10-12-19/h5,7-16H,3,6,17,25H2,1-2,4H3/b22-5-,24-18+,26-23?. The highest BCUT2D eigenvalue weighted by atomic mass is 14.7. The third-order valence-corrected chi connectivity index (χ3v) is 4.34. The summed E-state index contributed by atoms with van der Waals surface area (Å²) in [4.78, 5) is 4.43. The number of aliphatic imine (C=N–C) groups is 1. The number of hydrogen-bond donors (Lipinski definition) is 1. The van der Waals surface area contributed by atoms with E-state index in [0.717, 1.165) is 41.0 Å². The van der Waals surface area contributed by atoms with Gasteiger partial charge in [-0.25, -0.2) is 0 Å². The van der Waals surface area contributed by atoms with Gasteiger partial charge in [-0.05, 0) is 49.0 Å². The Hall–Kier alpha value is -2.87. The van der Waals surface area contributed by atoms with E-state index in [0.29, 0.717) is 0 Å². The van der Waals surface area contributed by atoms with Gasteiger partial charge >= 0.3 is 0 Å². The van der Waals surface area contributed by atoms with Gasteiger partial charge in [-0.1, -0.05) is 74.2 Å². The number of benzene rings is 2. The van der Waals surface area contributed by atoms with Crippen molar-refractivity contribution in [1.29, 1.82) is 0 Å². The fraction of sp³-hybridized carbons (Fsp3) is 0.208. The lowest BCUT2D eigenvalue weighted by molar-refractivity contribution is 1.19. The van der Waals surface area contributed by atoms with E-state index < -0.39 is 0 Å². The van der Waals surface area contributed by atoms with E-state index >= 15 is 0 Å². The Bertz CT molecular complexity index is 818. The van der Waals surface area contributed by atoms with E-state index in [1.54, 1.807) is 6.20 Å². The monoisotopic (exact) mass is 344 g/mol. The predicted octanol–water partition coefficient (Wildman–Crippen LogP) is 5.91. The number of nitrogens with zero attached hydrogens (tertiary/aromatic N) is 1. The van der Waals surface area contributed by atoms with Crippen LogP contribution in [0.3, 0.4) is 0 Å². The van der Waals surface area contributed by atoms with Crippen molar-refractivity contribution in [3.8, 4) is 0 Å². The normalized spacial score (nSPS) is 13.3. The van der Waals surface area contributed by atoms with Crippen LogP contribution < -0.4 is 5.73 Å². The van der Waals surface area contributed by atoms with Crippen molar-refractivity contribution in [2.24, 2.45) is 10.7 Å². The summed E-state index contributed by atoms with van der Waals surface area (Å²) in [7, 11) is 0. The van der Waals surface area contributed by atoms with Gasteiger partial charge < -0.3 is 5.73 Å². The quantitative estimate of drug-likeness (QED) is 0.492. The Morgan fingerprint density at radius 3 is 2.15 bits per heavy atom. The van der Waals surface area contributed by atoms with Crippen molar-refractivity contribution >= 4 is 11.3 Å². The summed E-state index contributed by atoms with van der Waals surface area (Å²) in [5, 5.41) is 0. The van der Waals surface area contributed by atoms with Crippen LogP contribution in [-0.2, 0) is 6.42 Å². The van der Waals surface area contributed by atoms with Crippen molar-refractivity contribution in [1.82, 2.24) is 0 Å². The van der Waals surface area contributed by atoms with Crippen molar-refractivity contribution in [3.05, 3.63) is 101 Å². The van der Waals surface area contributed by atoms with Gasteiger partial charge in [0.25, 0.3) is 0 Å². The van der Waals surface area contributed by atoms with Gasteiger partial charge in [0, 0.05) is 23.2 Å². The second-order valence-corrected chi connectivity index (χ2v) is 6.23. The summed E-state index contributed by atoms with van der Waals surface area (Å²) in [6, 6.07) is 19.2. The molecular weight excluding hydrogens is 316 g/mol. The Morgan fingerprint density at radius 1 is 1.04 bits per heavy atom. The van der Waals surface area contributed by atoms with Gasteiger partial charge in [0.2, 0.25) is 0 Å². The minimum Gasteiger partial charge on any atom is -0.402 e. The molecule has 2 rings (SSSR count). The molecule has 0 bridgehead atoms. The van der Waals surface area contributed by atoms with Gasteiger partial charge in [-0.3, -0.25) is 4.99 Å². The molecule has 0 spiro atoms. The summed E-state index contributed by atoms with van der Waals surface area (Å²) in [6.45, 7) is 9.78. The fourth-order valence-electron chi connectivity index (χ4n) is 3.13. The van der Waals surface area contributed by atoms with Gasteiger partial charge in [-0.15, -0.1) is 0 Å². The zero-order valence-electron chi connectivity index (χ0n) is 16.0. The highest BCUT2D eigenvalue weighted by Crippen LogP contribution is 2.27. The maximum absolute atomic E-state index is 6.21. The first-order valence-corrected chi connectivity index (χ1v) is 9.04. The van der Waals surface area contributed by atoms with E-state index in [9.17, 15) is 0 Å². The Morgan fingerprint density at radius 2 is 1.65 bits per heavy atom. The van der Waals surface area contributed by atoms with E-state index in [4.69, 9.17) is 5.73 Å². The first-order valence-electron chi connectivity index (χ1n) is 9.04. The minimum atomic E-state index is 0.772. The molecule has 0 aliphatic heterocycles. The zero-order chi connectivity index (χ0) is 18.9. The minimum absolute atomic E-state index is 0.772. The van der Waals surface area contributed by atoms with Crippen LogP contribution in [0.2, 0.25) is 0 Å². The van der Waals surface area contributed by atoms with Crippen LogP contribution in [0.15, 0.2) is 89.7 Å².